The van der Waals surface area contributed by atoms with Gasteiger partial charge in [-0.25, -0.2) is 4.98 Å². The fourth-order valence-corrected chi connectivity index (χ4v) is 2.75. The van der Waals surface area contributed by atoms with Crippen molar-refractivity contribution in [2.45, 2.75) is 13.2 Å². The van der Waals surface area contributed by atoms with Crippen LogP contribution < -0.4 is 4.90 Å². The van der Waals surface area contributed by atoms with Gasteiger partial charge in [0.15, 0.2) is 0 Å². The number of aliphatic hydroxyl groups is 1. The molecular weight excluding hydrogens is 300 g/mol. The number of hydrogen-bond donors (Lipinski definition) is 1. The Morgan fingerprint density at radius 3 is 2.94 bits per heavy atom. The Labute approximate surface area is 113 Å². The van der Waals surface area contributed by atoms with Crippen LogP contribution in [0.25, 0.3) is 0 Å². The molecule has 1 N–H and O–H groups in total. The molecule has 2 rings (SSSR count). The second kappa shape index (κ2) is 5.62. The molecule has 2 aromatic heterocycles. The zero-order valence-electron chi connectivity index (χ0n) is 9.43. The third-order valence-electron chi connectivity index (χ3n) is 2.39. The quantitative estimate of drug-likeness (QED) is 0.942. The largest absolute Gasteiger partial charge is 0.390 e. The van der Waals surface area contributed by atoms with E-state index in [9.17, 15) is 0 Å². The number of thiophene rings is 1. The number of rotatable bonds is 4. The van der Waals surface area contributed by atoms with Gasteiger partial charge in [-0.1, -0.05) is 6.07 Å². The summed E-state index contributed by atoms with van der Waals surface area (Å²) < 4.78 is 1.14. The molecule has 2 heterocycles. The van der Waals surface area contributed by atoms with E-state index in [-0.39, 0.29) is 6.61 Å². The highest BCUT2D eigenvalue weighted by Crippen LogP contribution is 2.22. The van der Waals surface area contributed by atoms with Gasteiger partial charge >= 0.3 is 0 Å². The molecule has 0 unspecified atom stereocenters. The Bertz CT molecular complexity index is 501. The summed E-state index contributed by atoms with van der Waals surface area (Å²) >= 11 is 5.13. The molecule has 0 saturated heterocycles. The van der Waals surface area contributed by atoms with Gasteiger partial charge < -0.3 is 10.0 Å². The number of aromatic nitrogens is 1. The average Bonchev–Trinajstić information content (AvgIpc) is 2.75. The lowest BCUT2D eigenvalue weighted by atomic mass is 10.3. The van der Waals surface area contributed by atoms with Gasteiger partial charge in [0.25, 0.3) is 0 Å². The first-order valence-corrected chi connectivity index (χ1v) is 6.87. The van der Waals surface area contributed by atoms with Crippen LogP contribution in [0.1, 0.15) is 11.3 Å². The molecule has 0 aliphatic carbocycles. The second-order valence-electron chi connectivity index (χ2n) is 3.76. The zero-order chi connectivity index (χ0) is 12.3. The molecule has 0 bridgehead atoms. The number of anilines is 1. The molecule has 0 aliphatic heterocycles. The standard InChI is InChI=1S/C12H13BrN2OS/c1-15(6-9-5-11(13)17-8-9)12-4-2-3-10(7-16)14-12/h2-5,8,16H,6-7H2,1H3. The number of pyridine rings is 1. The van der Waals surface area contributed by atoms with E-state index < -0.39 is 0 Å². The molecule has 2 aromatic rings. The molecule has 0 amide bonds. The summed E-state index contributed by atoms with van der Waals surface area (Å²) in [4.78, 5) is 6.42. The highest BCUT2D eigenvalue weighted by molar-refractivity contribution is 9.11. The van der Waals surface area contributed by atoms with Gasteiger partial charge in [-0.05, 0) is 45.1 Å². The van der Waals surface area contributed by atoms with Gasteiger partial charge in [-0.15, -0.1) is 11.3 Å². The van der Waals surface area contributed by atoms with Crippen molar-refractivity contribution in [1.29, 1.82) is 0 Å². The molecule has 0 aliphatic rings. The van der Waals surface area contributed by atoms with Crippen molar-refractivity contribution in [3.63, 3.8) is 0 Å². The average molecular weight is 313 g/mol. The van der Waals surface area contributed by atoms with Gasteiger partial charge in [0.05, 0.1) is 16.1 Å². The summed E-state index contributed by atoms with van der Waals surface area (Å²) in [5.74, 6) is 0.874. The van der Waals surface area contributed by atoms with E-state index in [1.165, 1.54) is 5.56 Å². The minimum absolute atomic E-state index is 0.0221. The molecule has 3 nitrogen and oxygen atoms in total. The maximum absolute atomic E-state index is 9.05. The summed E-state index contributed by atoms with van der Waals surface area (Å²) in [5.41, 5.74) is 1.95. The summed E-state index contributed by atoms with van der Waals surface area (Å²) in [6.45, 7) is 0.787. The van der Waals surface area contributed by atoms with Crippen molar-refractivity contribution in [3.05, 3.63) is 44.7 Å². The molecule has 5 heteroatoms. The molecular formula is C12H13BrN2OS. The monoisotopic (exact) mass is 312 g/mol. The van der Waals surface area contributed by atoms with Crippen molar-refractivity contribution in [3.8, 4) is 0 Å². The van der Waals surface area contributed by atoms with Crippen LogP contribution >= 0.6 is 27.3 Å². The minimum atomic E-state index is -0.0221. The van der Waals surface area contributed by atoms with E-state index in [1.807, 2.05) is 25.2 Å². The lowest BCUT2D eigenvalue weighted by Gasteiger charge is -2.17. The first kappa shape index (κ1) is 12.5. The molecule has 0 radical (unpaired) electrons. The van der Waals surface area contributed by atoms with Crippen LogP contribution in [0.3, 0.4) is 0 Å². The smallest absolute Gasteiger partial charge is 0.128 e. The highest BCUT2D eigenvalue weighted by atomic mass is 79.9. The van der Waals surface area contributed by atoms with Gasteiger partial charge in [-0.2, -0.15) is 0 Å². The Hall–Kier alpha value is -0.910. The predicted octanol–water partition coefficient (Wildman–Crippen LogP) is 3.03. The Morgan fingerprint density at radius 2 is 2.29 bits per heavy atom. The molecule has 0 aromatic carbocycles. The van der Waals surface area contributed by atoms with Crippen LogP contribution in [0.15, 0.2) is 33.4 Å². The first-order chi connectivity index (χ1) is 8.19. The van der Waals surface area contributed by atoms with Crippen LogP contribution in [0, 0.1) is 0 Å². The first-order valence-electron chi connectivity index (χ1n) is 5.20. The Balaban J connectivity index is 2.11. The van der Waals surface area contributed by atoms with Crippen molar-refractivity contribution in [2.75, 3.05) is 11.9 Å². The molecule has 90 valence electrons. The maximum atomic E-state index is 9.05. The molecule has 0 atom stereocenters. The molecule has 0 saturated carbocycles. The molecule has 17 heavy (non-hydrogen) atoms. The summed E-state index contributed by atoms with van der Waals surface area (Å²) in [5, 5.41) is 11.2. The second-order valence-corrected chi connectivity index (χ2v) is 6.05. The number of hydrogen-bond acceptors (Lipinski definition) is 4. The van der Waals surface area contributed by atoms with Crippen LogP contribution in [-0.2, 0) is 13.2 Å². The van der Waals surface area contributed by atoms with Gasteiger partial charge in [-0.3, -0.25) is 0 Å². The molecule has 0 fully saturated rings. The predicted molar refractivity (Wildman–Crippen MR) is 74.3 cm³/mol. The Kier molecular flexibility index (Phi) is 4.15. The van der Waals surface area contributed by atoms with E-state index >= 15 is 0 Å². The maximum Gasteiger partial charge on any atom is 0.128 e. The number of nitrogens with zero attached hydrogens (tertiary/aromatic N) is 2. The zero-order valence-corrected chi connectivity index (χ0v) is 11.8. The Morgan fingerprint density at radius 1 is 1.47 bits per heavy atom. The van der Waals surface area contributed by atoms with E-state index in [0.717, 1.165) is 16.1 Å². The van der Waals surface area contributed by atoms with Crippen molar-refractivity contribution >= 4 is 33.1 Å². The van der Waals surface area contributed by atoms with Gasteiger partial charge in [0.1, 0.15) is 5.82 Å². The van der Waals surface area contributed by atoms with Gasteiger partial charge in [0.2, 0.25) is 0 Å². The summed E-state index contributed by atoms with van der Waals surface area (Å²) in [7, 11) is 2.00. The van der Waals surface area contributed by atoms with E-state index in [1.54, 1.807) is 11.3 Å². The summed E-state index contributed by atoms with van der Waals surface area (Å²) in [6.07, 6.45) is 0. The van der Waals surface area contributed by atoms with Crippen molar-refractivity contribution in [1.82, 2.24) is 4.98 Å². The van der Waals surface area contributed by atoms with E-state index in [2.05, 4.69) is 37.3 Å². The molecule has 0 spiro atoms. The lowest BCUT2D eigenvalue weighted by molar-refractivity contribution is 0.277. The lowest BCUT2D eigenvalue weighted by Crippen LogP contribution is -2.17. The van der Waals surface area contributed by atoms with Crippen LogP contribution in [0.5, 0.6) is 0 Å². The fraction of sp³-hybridized carbons (Fsp3) is 0.250. The number of halogens is 1. The third kappa shape index (κ3) is 3.28. The van der Waals surface area contributed by atoms with E-state index in [4.69, 9.17) is 5.11 Å². The third-order valence-corrected chi connectivity index (χ3v) is 3.94. The summed E-state index contributed by atoms with van der Waals surface area (Å²) in [6, 6.07) is 7.78. The van der Waals surface area contributed by atoms with Crippen LogP contribution in [0.4, 0.5) is 5.82 Å². The van der Waals surface area contributed by atoms with Crippen LogP contribution in [0.2, 0.25) is 0 Å². The normalized spacial score (nSPS) is 10.5. The highest BCUT2D eigenvalue weighted by Gasteiger charge is 2.05. The van der Waals surface area contributed by atoms with Crippen molar-refractivity contribution in [2.24, 2.45) is 0 Å². The fourth-order valence-electron chi connectivity index (χ4n) is 1.55. The number of aliphatic hydroxyl groups excluding tert-OH is 1. The van der Waals surface area contributed by atoms with Crippen molar-refractivity contribution < 1.29 is 5.11 Å². The van der Waals surface area contributed by atoms with Gasteiger partial charge in [0, 0.05) is 13.6 Å². The SMILES string of the molecule is CN(Cc1csc(Br)c1)c1cccc(CO)n1. The van der Waals surface area contributed by atoms with E-state index in [0.29, 0.717) is 5.69 Å². The van der Waals surface area contributed by atoms with Crippen LogP contribution in [-0.4, -0.2) is 17.1 Å². The minimum Gasteiger partial charge on any atom is -0.390 e. The topological polar surface area (TPSA) is 36.4 Å².